The molecule has 6 heteroatoms. The van der Waals surface area contributed by atoms with Crippen LogP contribution in [-0.4, -0.2) is 66.7 Å². The zero-order valence-electron chi connectivity index (χ0n) is 17.2. The van der Waals surface area contributed by atoms with Crippen molar-refractivity contribution < 1.29 is 0 Å². The van der Waals surface area contributed by atoms with E-state index in [1.165, 1.54) is 5.56 Å². The zero-order valence-corrected chi connectivity index (χ0v) is 17.2. The minimum atomic E-state index is 0.824. The first kappa shape index (κ1) is 19.3. The maximum absolute atomic E-state index is 4.93. The Kier molecular flexibility index (Phi) is 6.00. The van der Waals surface area contributed by atoms with Crippen molar-refractivity contribution in [3.63, 3.8) is 0 Å². The molecule has 1 aromatic carbocycles. The predicted molar refractivity (Wildman–Crippen MR) is 118 cm³/mol. The second kappa shape index (κ2) is 9.01. The third-order valence-corrected chi connectivity index (χ3v) is 5.43. The summed E-state index contributed by atoms with van der Waals surface area (Å²) in [7, 11) is 4.27. The maximum atomic E-state index is 4.93. The summed E-state index contributed by atoms with van der Waals surface area (Å²) in [5.41, 5.74) is 3.37. The molecule has 0 amide bonds. The Labute approximate surface area is 172 Å². The summed E-state index contributed by atoms with van der Waals surface area (Å²) >= 11 is 0. The molecule has 0 saturated carbocycles. The summed E-state index contributed by atoms with van der Waals surface area (Å²) in [4.78, 5) is 20.8. The monoisotopic (exact) mass is 388 g/mol. The molecule has 0 atom stereocenters. The summed E-state index contributed by atoms with van der Waals surface area (Å²) < 4.78 is 0. The van der Waals surface area contributed by atoms with Gasteiger partial charge in [-0.3, -0.25) is 4.98 Å². The van der Waals surface area contributed by atoms with Crippen molar-refractivity contribution in [2.75, 3.05) is 56.6 Å². The van der Waals surface area contributed by atoms with E-state index in [2.05, 4.69) is 76.2 Å². The summed E-state index contributed by atoms with van der Waals surface area (Å²) in [5.74, 6) is 1.78. The molecule has 0 unspecified atom stereocenters. The molecule has 1 aliphatic rings. The Hall–Kier alpha value is -2.99. The SMILES string of the molecule is CN1CCN(c2nc(-c3ccccc3)cc(N(C)CCc3ccncc3)n2)CC1. The third kappa shape index (κ3) is 4.90. The fourth-order valence-electron chi connectivity index (χ4n) is 3.48. The van der Waals surface area contributed by atoms with E-state index in [-0.39, 0.29) is 0 Å². The van der Waals surface area contributed by atoms with Crippen molar-refractivity contribution in [3.05, 3.63) is 66.5 Å². The summed E-state index contributed by atoms with van der Waals surface area (Å²) in [6.45, 7) is 4.86. The molecule has 150 valence electrons. The fourth-order valence-corrected chi connectivity index (χ4v) is 3.48. The standard InChI is InChI=1S/C23H28N6/c1-27-14-16-29(17-15-27)23-25-21(20-6-4-3-5-7-20)18-22(26-23)28(2)13-10-19-8-11-24-12-9-19/h3-9,11-12,18H,10,13-17H2,1-2H3. The van der Waals surface area contributed by atoms with E-state index in [0.29, 0.717) is 0 Å². The van der Waals surface area contributed by atoms with E-state index >= 15 is 0 Å². The minimum Gasteiger partial charge on any atom is -0.359 e. The second-order valence-corrected chi connectivity index (χ2v) is 7.59. The fraction of sp³-hybridized carbons (Fsp3) is 0.348. The van der Waals surface area contributed by atoms with E-state index in [4.69, 9.17) is 9.97 Å². The number of likely N-dealkylation sites (N-methyl/N-ethyl adjacent to an activating group) is 2. The second-order valence-electron chi connectivity index (χ2n) is 7.59. The van der Waals surface area contributed by atoms with E-state index in [1.807, 2.05) is 18.5 Å². The number of piperazine rings is 1. The van der Waals surface area contributed by atoms with Crippen LogP contribution in [0.15, 0.2) is 60.9 Å². The number of rotatable bonds is 6. The largest absolute Gasteiger partial charge is 0.359 e. The third-order valence-electron chi connectivity index (χ3n) is 5.43. The van der Waals surface area contributed by atoms with Gasteiger partial charge in [-0.25, -0.2) is 4.98 Å². The molecule has 3 heterocycles. The molecule has 3 aromatic rings. The van der Waals surface area contributed by atoms with Gasteiger partial charge in [-0.2, -0.15) is 4.98 Å². The van der Waals surface area contributed by atoms with E-state index < -0.39 is 0 Å². The van der Waals surface area contributed by atoms with Gasteiger partial charge in [0.05, 0.1) is 5.69 Å². The highest BCUT2D eigenvalue weighted by molar-refractivity contribution is 5.65. The van der Waals surface area contributed by atoms with Crippen molar-refractivity contribution in [1.82, 2.24) is 19.9 Å². The normalized spacial score (nSPS) is 14.8. The molecule has 1 fully saturated rings. The van der Waals surface area contributed by atoms with Crippen molar-refractivity contribution in [2.24, 2.45) is 0 Å². The van der Waals surface area contributed by atoms with E-state index in [1.54, 1.807) is 0 Å². The number of hydrogen-bond acceptors (Lipinski definition) is 6. The average molecular weight is 389 g/mol. The van der Waals surface area contributed by atoms with Gasteiger partial charge in [0.2, 0.25) is 5.95 Å². The average Bonchev–Trinajstić information content (AvgIpc) is 2.79. The minimum absolute atomic E-state index is 0.824. The first-order valence-corrected chi connectivity index (χ1v) is 10.2. The molecule has 0 aliphatic carbocycles. The topological polar surface area (TPSA) is 48.4 Å². The number of nitrogens with zero attached hydrogens (tertiary/aromatic N) is 6. The van der Waals surface area contributed by atoms with Gasteiger partial charge in [0, 0.05) is 63.8 Å². The molecular formula is C23H28N6. The Morgan fingerprint density at radius 1 is 0.931 bits per heavy atom. The van der Waals surface area contributed by atoms with Crippen LogP contribution >= 0.6 is 0 Å². The van der Waals surface area contributed by atoms with Gasteiger partial charge in [-0.05, 0) is 31.2 Å². The Bertz CT molecular complexity index is 907. The lowest BCUT2D eigenvalue weighted by Crippen LogP contribution is -2.45. The first-order valence-electron chi connectivity index (χ1n) is 10.2. The molecule has 0 N–H and O–H groups in total. The van der Waals surface area contributed by atoms with Crippen LogP contribution in [0.1, 0.15) is 5.56 Å². The molecule has 29 heavy (non-hydrogen) atoms. The molecule has 1 saturated heterocycles. The van der Waals surface area contributed by atoms with Gasteiger partial charge in [-0.15, -0.1) is 0 Å². The zero-order chi connectivity index (χ0) is 20.1. The number of aromatic nitrogens is 3. The summed E-state index contributed by atoms with van der Waals surface area (Å²) in [6, 6.07) is 16.6. The van der Waals surface area contributed by atoms with Crippen LogP contribution in [0.4, 0.5) is 11.8 Å². The van der Waals surface area contributed by atoms with Gasteiger partial charge in [0.1, 0.15) is 5.82 Å². The Morgan fingerprint density at radius 3 is 2.38 bits per heavy atom. The van der Waals surface area contributed by atoms with Crippen LogP contribution in [0, 0.1) is 0 Å². The maximum Gasteiger partial charge on any atom is 0.227 e. The van der Waals surface area contributed by atoms with Gasteiger partial charge in [-0.1, -0.05) is 30.3 Å². The van der Waals surface area contributed by atoms with Crippen molar-refractivity contribution in [3.8, 4) is 11.3 Å². The number of pyridine rings is 1. The molecule has 0 radical (unpaired) electrons. The molecule has 4 rings (SSSR count). The van der Waals surface area contributed by atoms with Crippen LogP contribution in [0.3, 0.4) is 0 Å². The molecule has 2 aromatic heterocycles. The van der Waals surface area contributed by atoms with Crippen LogP contribution in [0.2, 0.25) is 0 Å². The quantitative estimate of drug-likeness (QED) is 0.647. The van der Waals surface area contributed by atoms with E-state index in [0.717, 1.165) is 62.2 Å². The van der Waals surface area contributed by atoms with Crippen LogP contribution in [0.25, 0.3) is 11.3 Å². The molecule has 0 bridgehead atoms. The number of benzene rings is 1. The van der Waals surface area contributed by atoms with Gasteiger partial charge < -0.3 is 14.7 Å². The smallest absolute Gasteiger partial charge is 0.227 e. The molecule has 6 nitrogen and oxygen atoms in total. The molecule has 0 spiro atoms. The molecular weight excluding hydrogens is 360 g/mol. The first-order chi connectivity index (χ1) is 14.2. The lowest BCUT2D eigenvalue weighted by atomic mass is 10.1. The number of hydrogen-bond donors (Lipinski definition) is 0. The van der Waals surface area contributed by atoms with Crippen molar-refractivity contribution in [1.29, 1.82) is 0 Å². The highest BCUT2D eigenvalue weighted by Gasteiger charge is 2.19. The lowest BCUT2D eigenvalue weighted by Gasteiger charge is -2.33. The van der Waals surface area contributed by atoms with Crippen molar-refractivity contribution in [2.45, 2.75) is 6.42 Å². The van der Waals surface area contributed by atoms with Gasteiger partial charge >= 0.3 is 0 Å². The molecule has 1 aliphatic heterocycles. The number of anilines is 2. The highest BCUT2D eigenvalue weighted by Crippen LogP contribution is 2.25. The van der Waals surface area contributed by atoms with Crippen molar-refractivity contribution >= 4 is 11.8 Å². The Balaban J connectivity index is 1.60. The van der Waals surface area contributed by atoms with Crippen LogP contribution in [-0.2, 0) is 6.42 Å². The predicted octanol–water partition coefficient (Wildman–Crippen LogP) is 2.97. The lowest BCUT2D eigenvalue weighted by molar-refractivity contribution is 0.311. The summed E-state index contributed by atoms with van der Waals surface area (Å²) in [5, 5.41) is 0. The van der Waals surface area contributed by atoms with Gasteiger partial charge in [0.25, 0.3) is 0 Å². The van der Waals surface area contributed by atoms with Gasteiger partial charge in [0.15, 0.2) is 0 Å². The van der Waals surface area contributed by atoms with Crippen LogP contribution < -0.4 is 9.80 Å². The Morgan fingerprint density at radius 2 is 1.66 bits per heavy atom. The van der Waals surface area contributed by atoms with E-state index in [9.17, 15) is 0 Å². The summed E-state index contributed by atoms with van der Waals surface area (Å²) in [6.07, 6.45) is 4.64. The van der Waals surface area contributed by atoms with Crippen LogP contribution in [0.5, 0.6) is 0 Å². The highest BCUT2D eigenvalue weighted by atomic mass is 15.3.